The molecule has 1 saturated heterocycles. The first-order valence-electron chi connectivity index (χ1n) is 8.57. The first-order chi connectivity index (χ1) is 12.2. The molecule has 1 N–H and O–H groups in total. The molecule has 0 saturated carbocycles. The first-order valence-corrected chi connectivity index (χ1v) is 8.57. The summed E-state index contributed by atoms with van der Waals surface area (Å²) in [6, 6.07) is 6.27. The molecule has 7 heteroatoms. The molecule has 26 heavy (non-hydrogen) atoms. The Morgan fingerprint density at radius 1 is 1.12 bits per heavy atom. The third kappa shape index (κ3) is 4.40. The predicted octanol–water partition coefficient (Wildman–Crippen LogP) is 2.73. The standard InChI is InChI=1S/C19H24O7/c1-5-15-10(2)16(24-11(3)20)18(25-12(4)21)17(26-15)13-7-6-8-14(9-13)19(22)23/h6-10,15-18H,5H2,1-4H3,(H,22,23)/t10-,15-,16+,17-,18+/m1/s1. The summed E-state index contributed by atoms with van der Waals surface area (Å²) in [7, 11) is 0. The van der Waals surface area contributed by atoms with Crippen LogP contribution in [0.15, 0.2) is 24.3 Å². The highest BCUT2D eigenvalue weighted by Gasteiger charge is 2.47. The Labute approximate surface area is 152 Å². The lowest BCUT2D eigenvalue weighted by molar-refractivity contribution is -0.225. The van der Waals surface area contributed by atoms with Gasteiger partial charge in [-0.3, -0.25) is 9.59 Å². The number of hydrogen-bond donors (Lipinski definition) is 1. The Kier molecular flexibility index (Phi) is 6.37. The average Bonchev–Trinajstić information content (AvgIpc) is 2.57. The van der Waals surface area contributed by atoms with Crippen LogP contribution in [-0.2, 0) is 23.8 Å². The molecule has 7 nitrogen and oxygen atoms in total. The lowest BCUT2D eigenvalue weighted by Crippen LogP contribution is -2.52. The van der Waals surface area contributed by atoms with Crippen molar-refractivity contribution in [2.45, 2.75) is 58.5 Å². The zero-order chi connectivity index (χ0) is 19.4. The Balaban J connectivity index is 2.47. The number of carbonyl (C=O) groups excluding carboxylic acids is 2. The molecule has 1 heterocycles. The highest BCUT2D eigenvalue weighted by Crippen LogP contribution is 2.39. The second kappa shape index (κ2) is 8.31. The average molecular weight is 364 g/mol. The molecule has 1 fully saturated rings. The van der Waals surface area contributed by atoms with Crippen LogP contribution in [0, 0.1) is 5.92 Å². The van der Waals surface area contributed by atoms with Gasteiger partial charge in [0.15, 0.2) is 6.10 Å². The van der Waals surface area contributed by atoms with Gasteiger partial charge >= 0.3 is 17.9 Å². The number of ether oxygens (including phenoxy) is 3. The summed E-state index contributed by atoms with van der Waals surface area (Å²) in [5.74, 6) is -2.26. The Hall–Kier alpha value is -2.41. The van der Waals surface area contributed by atoms with Crippen LogP contribution >= 0.6 is 0 Å². The van der Waals surface area contributed by atoms with Crippen LogP contribution in [0.3, 0.4) is 0 Å². The van der Waals surface area contributed by atoms with E-state index < -0.39 is 36.2 Å². The molecule has 1 aromatic carbocycles. The van der Waals surface area contributed by atoms with Gasteiger partial charge in [-0.05, 0) is 24.1 Å². The summed E-state index contributed by atoms with van der Waals surface area (Å²) < 4.78 is 17.0. The van der Waals surface area contributed by atoms with Crippen molar-refractivity contribution in [3.8, 4) is 0 Å². The van der Waals surface area contributed by atoms with E-state index >= 15 is 0 Å². The fraction of sp³-hybridized carbons (Fsp3) is 0.526. The van der Waals surface area contributed by atoms with E-state index in [1.54, 1.807) is 12.1 Å². The summed E-state index contributed by atoms with van der Waals surface area (Å²) in [5, 5.41) is 9.23. The van der Waals surface area contributed by atoms with E-state index in [0.717, 1.165) is 0 Å². The van der Waals surface area contributed by atoms with Gasteiger partial charge in [-0.25, -0.2) is 4.79 Å². The summed E-state index contributed by atoms with van der Waals surface area (Å²) in [4.78, 5) is 34.5. The van der Waals surface area contributed by atoms with Crippen LogP contribution in [0.4, 0.5) is 0 Å². The fourth-order valence-electron chi connectivity index (χ4n) is 3.34. The van der Waals surface area contributed by atoms with Crippen molar-refractivity contribution in [3.05, 3.63) is 35.4 Å². The minimum Gasteiger partial charge on any atom is -0.478 e. The van der Waals surface area contributed by atoms with Gasteiger partial charge in [-0.15, -0.1) is 0 Å². The molecule has 0 unspecified atom stereocenters. The van der Waals surface area contributed by atoms with Crippen LogP contribution in [-0.4, -0.2) is 41.3 Å². The van der Waals surface area contributed by atoms with Crippen LogP contribution in [0.25, 0.3) is 0 Å². The van der Waals surface area contributed by atoms with E-state index in [9.17, 15) is 19.5 Å². The maximum atomic E-state index is 11.6. The van der Waals surface area contributed by atoms with E-state index in [4.69, 9.17) is 14.2 Å². The molecule has 0 radical (unpaired) electrons. The molecule has 2 rings (SSSR count). The van der Waals surface area contributed by atoms with Crippen LogP contribution in [0.2, 0.25) is 0 Å². The normalized spacial score (nSPS) is 28.2. The number of esters is 2. The van der Waals surface area contributed by atoms with E-state index in [2.05, 4.69) is 0 Å². The molecule has 142 valence electrons. The third-order valence-corrected chi connectivity index (χ3v) is 4.52. The largest absolute Gasteiger partial charge is 0.478 e. The lowest BCUT2D eigenvalue weighted by Gasteiger charge is -2.44. The second-order valence-electron chi connectivity index (χ2n) is 6.44. The highest BCUT2D eigenvalue weighted by atomic mass is 16.6. The summed E-state index contributed by atoms with van der Waals surface area (Å²) >= 11 is 0. The summed E-state index contributed by atoms with van der Waals surface area (Å²) in [6.45, 7) is 6.39. The number of aromatic carboxylic acids is 1. The Morgan fingerprint density at radius 2 is 1.73 bits per heavy atom. The van der Waals surface area contributed by atoms with Crippen molar-refractivity contribution in [2.75, 3.05) is 0 Å². The van der Waals surface area contributed by atoms with Crippen molar-refractivity contribution in [3.63, 3.8) is 0 Å². The topological polar surface area (TPSA) is 99.1 Å². The number of rotatable bonds is 5. The minimum absolute atomic E-state index is 0.100. The van der Waals surface area contributed by atoms with Crippen molar-refractivity contribution in [2.24, 2.45) is 5.92 Å². The number of benzene rings is 1. The van der Waals surface area contributed by atoms with Gasteiger partial charge in [-0.1, -0.05) is 26.0 Å². The summed E-state index contributed by atoms with van der Waals surface area (Å²) in [6.07, 6.45) is -1.85. The van der Waals surface area contributed by atoms with Crippen LogP contribution < -0.4 is 0 Å². The maximum absolute atomic E-state index is 11.6. The van der Waals surface area contributed by atoms with Crippen molar-refractivity contribution in [1.82, 2.24) is 0 Å². The highest BCUT2D eigenvalue weighted by molar-refractivity contribution is 5.87. The Morgan fingerprint density at radius 3 is 2.27 bits per heavy atom. The molecule has 0 spiro atoms. The van der Waals surface area contributed by atoms with Gasteiger partial charge in [0.2, 0.25) is 0 Å². The minimum atomic E-state index is -1.07. The third-order valence-electron chi connectivity index (χ3n) is 4.52. The lowest BCUT2D eigenvalue weighted by atomic mass is 9.84. The molecule has 1 aromatic rings. The predicted molar refractivity (Wildman–Crippen MR) is 91.6 cm³/mol. The van der Waals surface area contributed by atoms with Gasteiger partial charge in [0.05, 0.1) is 11.7 Å². The monoisotopic (exact) mass is 364 g/mol. The van der Waals surface area contributed by atoms with Crippen molar-refractivity contribution in [1.29, 1.82) is 0 Å². The molecule has 1 aliphatic heterocycles. The van der Waals surface area contributed by atoms with Crippen LogP contribution in [0.1, 0.15) is 56.1 Å². The SMILES string of the molecule is CC[C@H]1O[C@H](c2cccc(C(=O)O)c2)[C@@H](OC(C)=O)[C@@H](OC(C)=O)[C@@H]1C. The van der Waals surface area contributed by atoms with Gasteiger partial charge in [0, 0.05) is 19.8 Å². The van der Waals surface area contributed by atoms with Gasteiger partial charge in [0.1, 0.15) is 12.2 Å². The number of carbonyl (C=O) groups is 3. The van der Waals surface area contributed by atoms with Gasteiger partial charge in [0.25, 0.3) is 0 Å². The van der Waals surface area contributed by atoms with Gasteiger partial charge < -0.3 is 19.3 Å². The molecule has 0 bridgehead atoms. The van der Waals surface area contributed by atoms with Crippen molar-refractivity contribution < 1.29 is 33.7 Å². The molecule has 0 aromatic heterocycles. The molecule has 5 atom stereocenters. The summed E-state index contributed by atoms with van der Waals surface area (Å²) in [5.41, 5.74) is 0.655. The Bertz CT molecular complexity index is 684. The molecular formula is C19H24O7. The quantitative estimate of drug-likeness (QED) is 0.802. The molecule has 0 aliphatic carbocycles. The van der Waals surface area contributed by atoms with E-state index in [1.165, 1.54) is 26.0 Å². The number of hydrogen-bond acceptors (Lipinski definition) is 6. The van der Waals surface area contributed by atoms with E-state index in [0.29, 0.717) is 12.0 Å². The zero-order valence-electron chi connectivity index (χ0n) is 15.3. The maximum Gasteiger partial charge on any atom is 0.335 e. The van der Waals surface area contributed by atoms with E-state index in [1.807, 2.05) is 13.8 Å². The van der Waals surface area contributed by atoms with E-state index in [-0.39, 0.29) is 17.6 Å². The number of carboxylic acid groups (broad SMARTS) is 1. The second-order valence-corrected chi connectivity index (χ2v) is 6.44. The smallest absolute Gasteiger partial charge is 0.335 e. The van der Waals surface area contributed by atoms with Crippen molar-refractivity contribution >= 4 is 17.9 Å². The number of carboxylic acids is 1. The zero-order valence-corrected chi connectivity index (χ0v) is 15.3. The first kappa shape index (κ1) is 19.9. The van der Waals surface area contributed by atoms with Crippen LogP contribution in [0.5, 0.6) is 0 Å². The molecular weight excluding hydrogens is 340 g/mol. The molecule has 0 amide bonds. The van der Waals surface area contributed by atoms with Gasteiger partial charge in [-0.2, -0.15) is 0 Å². The fourth-order valence-corrected chi connectivity index (χ4v) is 3.34. The molecule has 1 aliphatic rings.